The fourth-order valence-electron chi connectivity index (χ4n) is 2.91. The largest absolute Gasteiger partial charge is 0.288 e. The lowest BCUT2D eigenvalue weighted by Crippen LogP contribution is -2.38. The van der Waals surface area contributed by atoms with Crippen LogP contribution in [0.4, 0.5) is 0 Å². The van der Waals surface area contributed by atoms with Crippen molar-refractivity contribution in [2.45, 2.75) is 36.8 Å². The molecule has 4 rings (SSSR count). The maximum atomic E-state index is 12.7. The topological polar surface area (TPSA) is 63.5 Å². The number of rotatable bonds is 5. The summed E-state index contributed by atoms with van der Waals surface area (Å²) >= 11 is 6.07. The first-order valence-electron chi connectivity index (χ1n) is 7.21. The molecule has 2 aromatic rings. The molecule has 0 amide bonds. The summed E-state index contributed by atoms with van der Waals surface area (Å²) in [6, 6.07) is 5.37. The van der Waals surface area contributed by atoms with Gasteiger partial charge in [0.2, 0.25) is 0 Å². The van der Waals surface area contributed by atoms with Crippen LogP contribution in [0.3, 0.4) is 0 Å². The Morgan fingerprint density at radius 2 is 1.90 bits per heavy atom. The molecule has 0 unspecified atom stereocenters. The number of hydrogen-bond acceptors (Lipinski definition) is 3. The number of pyridine rings is 1. The van der Waals surface area contributed by atoms with Crippen molar-refractivity contribution >= 4 is 27.3 Å². The highest BCUT2D eigenvalue weighted by atomic mass is 35.5. The van der Waals surface area contributed by atoms with Crippen molar-refractivity contribution in [2.75, 3.05) is 0 Å². The summed E-state index contributed by atoms with van der Waals surface area (Å²) in [6.07, 6.45) is 6.14. The highest BCUT2D eigenvalue weighted by Gasteiger charge is 2.44. The first-order valence-corrected chi connectivity index (χ1v) is 9.07. The van der Waals surface area contributed by atoms with E-state index >= 15 is 0 Å². The smallest absolute Gasteiger partial charge is 0.260 e. The minimum atomic E-state index is -3.66. The van der Waals surface area contributed by atoms with Crippen molar-refractivity contribution in [3.63, 3.8) is 0 Å². The molecule has 2 aliphatic carbocycles. The van der Waals surface area contributed by atoms with Gasteiger partial charge in [0.25, 0.3) is 10.0 Å². The second-order valence-corrected chi connectivity index (χ2v) is 7.95. The van der Waals surface area contributed by atoms with E-state index < -0.39 is 10.0 Å². The number of imidazole rings is 1. The molecule has 0 aromatic carbocycles. The number of nitrogens with zero attached hydrogens (tertiary/aromatic N) is 2. The quantitative estimate of drug-likeness (QED) is 0.918. The molecule has 2 aromatic heterocycles. The van der Waals surface area contributed by atoms with E-state index in [2.05, 4.69) is 9.71 Å². The Labute approximate surface area is 128 Å². The SMILES string of the molecule is O=S(=O)(NC(C1CC1)C1CC1)c1c(Cl)nc2ccccn12. The molecular weight excluding hydrogens is 310 g/mol. The number of hydrogen-bond donors (Lipinski definition) is 1. The van der Waals surface area contributed by atoms with Gasteiger partial charge in [-0.2, -0.15) is 0 Å². The van der Waals surface area contributed by atoms with Crippen LogP contribution in [0, 0.1) is 11.8 Å². The highest BCUT2D eigenvalue weighted by Crippen LogP contribution is 2.45. The first-order chi connectivity index (χ1) is 10.1. The van der Waals surface area contributed by atoms with Gasteiger partial charge >= 0.3 is 0 Å². The van der Waals surface area contributed by atoms with Crippen molar-refractivity contribution in [2.24, 2.45) is 11.8 Å². The summed E-state index contributed by atoms with van der Waals surface area (Å²) < 4.78 is 29.9. The van der Waals surface area contributed by atoms with E-state index in [9.17, 15) is 8.42 Å². The molecule has 0 saturated heterocycles. The van der Waals surface area contributed by atoms with Crippen LogP contribution in [-0.4, -0.2) is 23.8 Å². The van der Waals surface area contributed by atoms with Crippen LogP contribution < -0.4 is 4.72 Å². The fraction of sp³-hybridized carbons (Fsp3) is 0.500. The summed E-state index contributed by atoms with van der Waals surface area (Å²) in [5.74, 6) is 0.982. The summed E-state index contributed by atoms with van der Waals surface area (Å²) in [7, 11) is -3.66. The third-order valence-corrected chi connectivity index (χ3v) is 6.11. The molecule has 1 N–H and O–H groups in total. The predicted molar refractivity (Wildman–Crippen MR) is 79.8 cm³/mol. The third kappa shape index (κ3) is 2.45. The number of aromatic nitrogens is 2. The monoisotopic (exact) mass is 325 g/mol. The lowest BCUT2D eigenvalue weighted by molar-refractivity contribution is 0.470. The summed E-state index contributed by atoms with van der Waals surface area (Å²) in [5, 5.41) is 0.0742. The van der Waals surface area contributed by atoms with Crippen molar-refractivity contribution in [3.05, 3.63) is 29.5 Å². The minimum absolute atomic E-state index is 0.0269. The molecule has 0 bridgehead atoms. The Balaban J connectivity index is 1.73. The van der Waals surface area contributed by atoms with Gasteiger partial charge in [-0.3, -0.25) is 4.40 Å². The van der Waals surface area contributed by atoms with Gasteiger partial charge in [-0.15, -0.1) is 0 Å². The maximum Gasteiger partial charge on any atom is 0.260 e. The van der Waals surface area contributed by atoms with Gasteiger partial charge in [-0.05, 0) is 49.7 Å². The van der Waals surface area contributed by atoms with E-state index in [4.69, 9.17) is 11.6 Å². The van der Waals surface area contributed by atoms with E-state index in [1.165, 1.54) is 4.40 Å². The fourth-order valence-corrected chi connectivity index (χ4v) is 4.93. The van der Waals surface area contributed by atoms with Gasteiger partial charge in [0.05, 0.1) is 0 Å². The first kappa shape index (κ1) is 13.5. The molecule has 0 atom stereocenters. The second kappa shape index (κ2) is 4.69. The van der Waals surface area contributed by atoms with E-state index in [-0.39, 0.29) is 16.2 Å². The van der Waals surface area contributed by atoms with Crippen LogP contribution >= 0.6 is 11.6 Å². The van der Waals surface area contributed by atoms with Gasteiger partial charge in [-0.1, -0.05) is 17.7 Å². The summed E-state index contributed by atoms with van der Waals surface area (Å²) in [6.45, 7) is 0. The molecule has 7 heteroatoms. The summed E-state index contributed by atoms with van der Waals surface area (Å²) in [4.78, 5) is 4.12. The molecule has 0 spiro atoms. The van der Waals surface area contributed by atoms with Crippen molar-refractivity contribution in [1.29, 1.82) is 0 Å². The van der Waals surface area contributed by atoms with Gasteiger partial charge in [-0.25, -0.2) is 18.1 Å². The third-order valence-electron chi connectivity index (χ3n) is 4.25. The van der Waals surface area contributed by atoms with Crippen LogP contribution in [-0.2, 0) is 10.0 Å². The van der Waals surface area contributed by atoms with Crippen molar-refractivity contribution in [3.8, 4) is 0 Å². The standard InChI is InChI=1S/C14H16ClN3O2S/c15-13-14(18-8-2-1-3-11(18)16-13)21(19,20)17-12(9-4-5-9)10-6-7-10/h1-3,8-10,12,17H,4-7H2. The minimum Gasteiger partial charge on any atom is -0.288 e. The molecular formula is C14H16ClN3O2S. The molecule has 0 aliphatic heterocycles. The molecule has 2 heterocycles. The zero-order chi connectivity index (χ0) is 14.6. The van der Waals surface area contributed by atoms with Crippen molar-refractivity contribution in [1.82, 2.24) is 14.1 Å². The average Bonchev–Trinajstić information content (AvgIpc) is 3.32. The van der Waals surface area contributed by atoms with Crippen LogP contribution in [0.5, 0.6) is 0 Å². The number of halogens is 1. The maximum absolute atomic E-state index is 12.7. The number of nitrogens with one attached hydrogen (secondary N) is 1. The van der Waals surface area contributed by atoms with Crippen LogP contribution in [0.1, 0.15) is 25.7 Å². The molecule has 21 heavy (non-hydrogen) atoms. The van der Waals surface area contributed by atoms with Gasteiger partial charge in [0.1, 0.15) is 5.65 Å². The lowest BCUT2D eigenvalue weighted by Gasteiger charge is -2.17. The van der Waals surface area contributed by atoms with E-state index in [0.717, 1.165) is 25.7 Å². The lowest BCUT2D eigenvalue weighted by atomic mass is 10.1. The predicted octanol–water partition coefficient (Wildman–Crippen LogP) is 2.45. The van der Waals surface area contributed by atoms with E-state index in [1.54, 1.807) is 24.4 Å². The zero-order valence-corrected chi connectivity index (χ0v) is 12.9. The molecule has 2 aliphatic rings. The highest BCUT2D eigenvalue weighted by molar-refractivity contribution is 7.89. The molecule has 2 saturated carbocycles. The molecule has 0 radical (unpaired) electrons. The van der Waals surface area contributed by atoms with Gasteiger partial charge in [0.15, 0.2) is 10.2 Å². The zero-order valence-electron chi connectivity index (χ0n) is 11.4. The normalized spacial score (nSPS) is 19.5. The molecule has 112 valence electrons. The number of fused-ring (bicyclic) bond motifs is 1. The Morgan fingerprint density at radius 3 is 2.52 bits per heavy atom. The number of sulfonamides is 1. The average molecular weight is 326 g/mol. The van der Waals surface area contributed by atoms with Crippen LogP contribution in [0.15, 0.2) is 29.4 Å². The Kier molecular flexibility index (Phi) is 3.03. The Morgan fingerprint density at radius 1 is 1.24 bits per heavy atom. The van der Waals surface area contributed by atoms with Crippen LogP contribution in [0.2, 0.25) is 5.15 Å². The molecule has 5 nitrogen and oxygen atoms in total. The van der Waals surface area contributed by atoms with Gasteiger partial charge < -0.3 is 0 Å². The second-order valence-electron chi connectivity index (χ2n) is 5.96. The van der Waals surface area contributed by atoms with Gasteiger partial charge in [0, 0.05) is 12.2 Å². The Bertz CT molecular complexity index is 782. The van der Waals surface area contributed by atoms with E-state index in [0.29, 0.717) is 17.5 Å². The Hall–Kier alpha value is -1.11. The van der Waals surface area contributed by atoms with Crippen LogP contribution in [0.25, 0.3) is 5.65 Å². The van der Waals surface area contributed by atoms with Crippen molar-refractivity contribution < 1.29 is 8.42 Å². The molecule has 2 fully saturated rings. The van der Waals surface area contributed by atoms with E-state index in [1.807, 2.05) is 0 Å². The summed E-state index contributed by atoms with van der Waals surface area (Å²) in [5.41, 5.74) is 0.539.